The summed E-state index contributed by atoms with van der Waals surface area (Å²) in [5.41, 5.74) is 0. The second-order valence-corrected chi connectivity index (χ2v) is 8.66. The summed E-state index contributed by atoms with van der Waals surface area (Å²) in [6, 6.07) is 0. The summed E-state index contributed by atoms with van der Waals surface area (Å²) in [4.78, 5) is 17.0. The van der Waals surface area contributed by atoms with Gasteiger partial charge in [0.1, 0.15) is 0 Å². The van der Waals surface area contributed by atoms with Crippen LogP contribution >= 0.6 is 7.82 Å². The Morgan fingerprint density at radius 2 is 0.962 bits per heavy atom. The van der Waals surface area contributed by atoms with Gasteiger partial charge in [0.15, 0.2) is 0 Å². The van der Waals surface area contributed by atoms with Crippen LogP contribution in [0.5, 0.6) is 0 Å². The van der Waals surface area contributed by atoms with Gasteiger partial charge in [-0.3, -0.25) is 4.52 Å². The Labute approximate surface area is 185 Å². The van der Waals surface area contributed by atoms with E-state index in [1.807, 2.05) is 0 Å². The predicted molar refractivity (Wildman–Crippen MR) is 109 cm³/mol. The van der Waals surface area contributed by atoms with Crippen molar-refractivity contribution >= 4 is 7.82 Å². The molecule has 0 saturated carbocycles. The zero-order valence-corrected chi connectivity index (χ0v) is 21.2. The smallest absolute Gasteiger partial charge is 0.323 e. The van der Waals surface area contributed by atoms with Crippen LogP contribution in [0.25, 0.3) is 0 Å². The van der Waals surface area contributed by atoms with Crippen molar-refractivity contribution in [2.45, 2.75) is 118 Å². The Hall–Kier alpha value is 1.11. The summed E-state index contributed by atoms with van der Waals surface area (Å²) in [5, 5.41) is 0. The van der Waals surface area contributed by atoms with Crippen LogP contribution in [0.2, 0.25) is 0 Å². The number of phosphoric acid groups is 1. The second-order valence-electron chi connectivity index (χ2n) is 7.42. The molecule has 6 heteroatoms. The predicted octanol–water partition coefficient (Wildman–Crippen LogP) is 4.20. The third-order valence-electron chi connectivity index (χ3n) is 3.76. The third-order valence-corrected chi connectivity index (χ3v) is 4.28. The maximum atomic E-state index is 10.4. The van der Waals surface area contributed by atoms with Gasteiger partial charge in [-0.05, 0) is 6.42 Å². The van der Waals surface area contributed by atoms with E-state index < -0.39 is 7.82 Å². The molecular weight excluding hydrogens is 358 g/mol. The van der Waals surface area contributed by atoms with E-state index in [2.05, 4.69) is 32.2 Å². The molecule has 0 radical (unpaired) electrons. The van der Waals surface area contributed by atoms with Crippen molar-refractivity contribution < 1.29 is 48.4 Å². The number of unbranched alkanes of at least 4 members (excludes halogenated alkanes) is 13. The van der Waals surface area contributed by atoms with Crippen molar-refractivity contribution in [3.8, 4) is 0 Å². The summed E-state index contributed by atoms with van der Waals surface area (Å²) < 4.78 is 14.8. The van der Waals surface area contributed by atoms with Gasteiger partial charge in [0.25, 0.3) is 0 Å². The Kier molecular flexibility index (Phi) is 29.5. The molecule has 0 aliphatic heterocycles. The van der Waals surface area contributed by atoms with E-state index in [0.717, 1.165) is 19.3 Å². The second kappa shape index (κ2) is 24.1. The van der Waals surface area contributed by atoms with Crippen molar-refractivity contribution in [2.24, 2.45) is 0 Å². The summed E-state index contributed by atoms with van der Waals surface area (Å²) in [6.07, 6.45) is 17.8. The molecule has 4 nitrogen and oxygen atoms in total. The van der Waals surface area contributed by atoms with Crippen LogP contribution in [-0.4, -0.2) is 16.4 Å². The first-order valence-corrected chi connectivity index (χ1v) is 11.8. The van der Waals surface area contributed by atoms with Gasteiger partial charge in [0.2, 0.25) is 0 Å². The Morgan fingerprint density at radius 3 is 1.23 bits per heavy atom. The Balaban J connectivity index is -0.000000951. The molecule has 0 atom stereocenters. The van der Waals surface area contributed by atoms with Crippen molar-refractivity contribution in [1.29, 1.82) is 0 Å². The molecule has 0 rings (SSSR count). The maximum Gasteiger partial charge on any atom is 1.00 e. The zero-order chi connectivity index (χ0) is 19.4. The SMILES string of the molecule is CCCCCCCCCCCCCCCCOP(=O)(O)O.C[C-](C)C.[Na+]. The van der Waals surface area contributed by atoms with Crippen LogP contribution in [0.3, 0.4) is 0 Å². The largest absolute Gasteiger partial charge is 1.00 e. The first kappa shape index (κ1) is 31.8. The summed E-state index contributed by atoms with van der Waals surface area (Å²) >= 11 is 0. The first-order chi connectivity index (χ1) is 11.8. The molecule has 0 aromatic carbocycles. The standard InChI is InChI=1S/C16H35O4P.C4H9.Na/c1-2-3-4-5-6-7-8-9-10-11-12-13-14-15-16-20-21(17,18)19;1-4(2)3;/h2-16H2,1H3,(H2,17,18,19);1-3H3;/q;-1;+1. The van der Waals surface area contributed by atoms with Crippen LogP contribution in [-0.2, 0) is 9.09 Å². The van der Waals surface area contributed by atoms with Gasteiger partial charge in [0, 0.05) is 0 Å². The van der Waals surface area contributed by atoms with E-state index in [0.29, 0.717) is 0 Å². The molecule has 0 aromatic heterocycles. The molecule has 2 N–H and O–H groups in total. The molecule has 154 valence electrons. The van der Waals surface area contributed by atoms with Crippen LogP contribution in [0.1, 0.15) is 118 Å². The first-order valence-electron chi connectivity index (χ1n) is 10.3. The molecular formula is C20H44NaO4P. The monoisotopic (exact) mass is 402 g/mol. The van der Waals surface area contributed by atoms with Crippen molar-refractivity contribution in [2.75, 3.05) is 6.61 Å². The normalized spacial score (nSPS) is 11.0. The number of rotatable bonds is 16. The van der Waals surface area contributed by atoms with Gasteiger partial charge >= 0.3 is 37.4 Å². The molecule has 0 heterocycles. The van der Waals surface area contributed by atoms with E-state index >= 15 is 0 Å². The van der Waals surface area contributed by atoms with E-state index in [-0.39, 0.29) is 36.2 Å². The van der Waals surface area contributed by atoms with E-state index in [4.69, 9.17) is 9.79 Å². The van der Waals surface area contributed by atoms with Gasteiger partial charge in [0.05, 0.1) is 6.61 Å². The minimum Gasteiger partial charge on any atom is -0.323 e. The minimum atomic E-state index is -4.25. The fourth-order valence-electron chi connectivity index (χ4n) is 2.48. The number of phosphoric ester groups is 1. The maximum absolute atomic E-state index is 10.4. The van der Waals surface area contributed by atoms with Gasteiger partial charge in [-0.25, -0.2) is 4.57 Å². The average molecular weight is 403 g/mol. The molecule has 0 unspecified atom stereocenters. The quantitative estimate of drug-likeness (QED) is 0.176. The van der Waals surface area contributed by atoms with Crippen LogP contribution in [0.15, 0.2) is 0 Å². The summed E-state index contributed by atoms with van der Waals surface area (Å²) in [5.74, 6) is 1.42. The molecule has 0 aliphatic carbocycles. The Morgan fingerprint density at radius 1 is 0.692 bits per heavy atom. The van der Waals surface area contributed by atoms with Crippen molar-refractivity contribution in [1.82, 2.24) is 0 Å². The van der Waals surface area contributed by atoms with Crippen LogP contribution in [0.4, 0.5) is 0 Å². The third kappa shape index (κ3) is 40.0. The van der Waals surface area contributed by atoms with Crippen LogP contribution < -0.4 is 29.6 Å². The van der Waals surface area contributed by atoms with Gasteiger partial charge < -0.3 is 15.7 Å². The molecule has 0 aliphatic rings. The average Bonchev–Trinajstić information content (AvgIpc) is 2.49. The van der Waals surface area contributed by atoms with Gasteiger partial charge in [-0.1, -0.05) is 90.4 Å². The van der Waals surface area contributed by atoms with Crippen molar-refractivity contribution in [3.63, 3.8) is 0 Å². The molecule has 0 fully saturated rings. The van der Waals surface area contributed by atoms with Crippen LogP contribution in [0, 0.1) is 5.92 Å². The molecule has 0 saturated heterocycles. The molecule has 0 spiro atoms. The topological polar surface area (TPSA) is 66.8 Å². The summed E-state index contributed by atoms with van der Waals surface area (Å²) in [6.45, 7) is 8.67. The minimum absolute atomic E-state index is 0. The molecule has 0 amide bonds. The molecule has 26 heavy (non-hydrogen) atoms. The number of hydrogen-bond acceptors (Lipinski definition) is 2. The number of hydrogen-bond donors (Lipinski definition) is 2. The van der Waals surface area contributed by atoms with Gasteiger partial charge in [-0.2, -0.15) is 20.8 Å². The fraction of sp³-hybridized carbons (Fsp3) is 0.950. The van der Waals surface area contributed by atoms with E-state index in [1.54, 1.807) is 0 Å². The molecule has 0 bridgehead atoms. The van der Waals surface area contributed by atoms with Gasteiger partial charge in [-0.15, -0.1) is 0 Å². The molecule has 0 aromatic rings. The fourth-order valence-corrected chi connectivity index (χ4v) is 2.85. The van der Waals surface area contributed by atoms with E-state index in [9.17, 15) is 4.57 Å². The van der Waals surface area contributed by atoms with Crippen molar-refractivity contribution in [3.05, 3.63) is 5.92 Å². The summed E-state index contributed by atoms with van der Waals surface area (Å²) in [7, 11) is -4.25. The Bertz CT molecular complexity index is 293. The van der Waals surface area contributed by atoms with E-state index in [1.165, 1.54) is 76.5 Å². The zero-order valence-electron chi connectivity index (χ0n) is 18.3.